The Morgan fingerprint density at radius 2 is 1.85 bits per heavy atom. The monoisotopic (exact) mass is 201 g/mol. The summed E-state index contributed by atoms with van der Waals surface area (Å²) in [7, 11) is 1.68. The summed E-state index contributed by atoms with van der Waals surface area (Å²) in [6.45, 7) is 3.17. The number of benzene rings is 1. The Kier molecular flexibility index (Phi) is 6.15. The lowest BCUT2D eigenvalue weighted by atomic mass is 10.3. The number of ether oxygens (including phenoxy) is 1. The van der Waals surface area contributed by atoms with Gasteiger partial charge >= 0.3 is 0 Å². The maximum Gasteiger partial charge on any atom is 0.119 e. The first-order valence-corrected chi connectivity index (χ1v) is 4.24. The molecule has 0 aliphatic carbocycles. The Balaban J connectivity index is 0.00000144. The molecule has 0 unspecified atom stereocenters. The normalized spacial score (nSPS) is 8.77. The highest BCUT2D eigenvalue weighted by atomic mass is 35.5. The van der Waals surface area contributed by atoms with Crippen LogP contribution in [0.3, 0.4) is 0 Å². The number of hydrogen-bond acceptors (Lipinski definition) is 2. The molecular formula is C10H16ClNO. The van der Waals surface area contributed by atoms with Crippen LogP contribution >= 0.6 is 12.4 Å². The molecule has 1 aromatic carbocycles. The van der Waals surface area contributed by atoms with E-state index < -0.39 is 0 Å². The minimum absolute atomic E-state index is 0. The van der Waals surface area contributed by atoms with Crippen molar-refractivity contribution in [1.29, 1.82) is 0 Å². The molecule has 3 heteroatoms. The average Bonchev–Trinajstić information content (AvgIpc) is 2.15. The van der Waals surface area contributed by atoms with E-state index >= 15 is 0 Å². The Hall–Kier alpha value is -0.890. The minimum Gasteiger partial charge on any atom is -0.497 e. The van der Waals surface area contributed by atoms with E-state index in [4.69, 9.17) is 4.74 Å². The van der Waals surface area contributed by atoms with E-state index in [1.54, 1.807) is 7.11 Å². The van der Waals surface area contributed by atoms with Crippen molar-refractivity contribution in [2.24, 2.45) is 0 Å². The fraction of sp³-hybridized carbons (Fsp3) is 0.400. The third-order valence-electron chi connectivity index (χ3n) is 1.67. The van der Waals surface area contributed by atoms with Crippen LogP contribution < -0.4 is 10.1 Å². The zero-order chi connectivity index (χ0) is 8.81. The molecule has 0 atom stereocenters. The molecule has 1 rings (SSSR count). The second-order valence-corrected chi connectivity index (χ2v) is 2.66. The smallest absolute Gasteiger partial charge is 0.119 e. The van der Waals surface area contributed by atoms with Gasteiger partial charge in [0.05, 0.1) is 7.11 Å². The molecule has 0 fully saturated rings. The molecule has 0 aliphatic heterocycles. The van der Waals surface area contributed by atoms with Gasteiger partial charge in [0.15, 0.2) is 0 Å². The van der Waals surface area contributed by atoms with E-state index in [1.165, 1.54) is 0 Å². The predicted octanol–water partition coefficient (Wildman–Crippen LogP) is 2.94. The van der Waals surface area contributed by atoms with Crippen molar-refractivity contribution in [2.45, 2.75) is 13.3 Å². The maximum atomic E-state index is 5.05. The number of nitrogens with one attached hydrogen (secondary N) is 1. The standard InChI is InChI=1S/C10H15NO.ClH/c1-3-8-11-9-4-6-10(12-2)7-5-9;/h4-7,11H,3,8H2,1-2H3;1H. The first-order valence-electron chi connectivity index (χ1n) is 4.24. The SMILES string of the molecule is CCCNc1ccc(OC)cc1.Cl. The molecule has 13 heavy (non-hydrogen) atoms. The first kappa shape index (κ1) is 12.1. The highest BCUT2D eigenvalue weighted by Gasteiger charge is 1.91. The minimum atomic E-state index is 0. The highest BCUT2D eigenvalue weighted by molar-refractivity contribution is 5.85. The second kappa shape index (κ2) is 6.61. The van der Waals surface area contributed by atoms with Crippen molar-refractivity contribution < 1.29 is 4.74 Å². The molecule has 1 aromatic rings. The number of methoxy groups -OCH3 is 1. The molecule has 0 bridgehead atoms. The Labute approximate surface area is 85.7 Å². The van der Waals surface area contributed by atoms with Gasteiger partial charge in [-0.3, -0.25) is 0 Å². The molecule has 0 heterocycles. The highest BCUT2D eigenvalue weighted by Crippen LogP contribution is 2.14. The lowest BCUT2D eigenvalue weighted by Crippen LogP contribution is -1.98. The van der Waals surface area contributed by atoms with Crippen LogP contribution in [-0.4, -0.2) is 13.7 Å². The van der Waals surface area contributed by atoms with Gasteiger partial charge in [-0.1, -0.05) is 6.92 Å². The molecule has 0 spiro atoms. The van der Waals surface area contributed by atoms with Gasteiger partial charge < -0.3 is 10.1 Å². The van der Waals surface area contributed by atoms with E-state index in [1.807, 2.05) is 24.3 Å². The van der Waals surface area contributed by atoms with Crippen molar-refractivity contribution in [3.05, 3.63) is 24.3 Å². The predicted molar refractivity (Wildman–Crippen MR) is 59.0 cm³/mol. The van der Waals surface area contributed by atoms with Crippen LogP contribution in [0.5, 0.6) is 5.75 Å². The molecule has 0 saturated carbocycles. The first-order chi connectivity index (χ1) is 5.86. The molecule has 0 aliphatic rings. The summed E-state index contributed by atoms with van der Waals surface area (Å²) in [5.41, 5.74) is 1.15. The third-order valence-corrected chi connectivity index (χ3v) is 1.67. The molecule has 0 radical (unpaired) electrons. The fourth-order valence-corrected chi connectivity index (χ4v) is 0.978. The number of anilines is 1. The summed E-state index contributed by atoms with van der Waals surface area (Å²) < 4.78 is 5.05. The van der Waals surface area contributed by atoms with Crippen LogP contribution in [0.15, 0.2) is 24.3 Å². The van der Waals surface area contributed by atoms with Crippen molar-refractivity contribution in [3.63, 3.8) is 0 Å². The van der Waals surface area contributed by atoms with Gasteiger partial charge in [-0.15, -0.1) is 12.4 Å². The van der Waals surface area contributed by atoms with Gasteiger partial charge in [-0.05, 0) is 30.7 Å². The van der Waals surface area contributed by atoms with Crippen molar-refractivity contribution in [2.75, 3.05) is 19.0 Å². The summed E-state index contributed by atoms with van der Waals surface area (Å²) in [6.07, 6.45) is 1.14. The zero-order valence-electron chi connectivity index (χ0n) is 8.04. The molecule has 0 aromatic heterocycles. The number of hydrogen-bond donors (Lipinski definition) is 1. The lowest BCUT2D eigenvalue weighted by molar-refractivity contribution is 0.415. The molecule has 74 valence electrons. The second-order valence-electron chi connectivity index (χ2n) is 2.66. The van der Waals surface area contributed by atoms with Gasteiger partial charge in [0.25, 0.3) is 0 Å². The van der Waals surface area contributed by atoms with Gasteiger partial charge in [0, 0.05) is 12.2 Å². The van der Waals surface area contributed by atoms with Crippen LogP contribution in [0, 0.1) is 0 Å². The van der Waals surface area contributed by atoms with Crippen LogP contribution in [0.25, 0.3) is 0 Å². The molecule has 0 saturated heterocycles. The summed E-state index contributed by atoms with van der Waals surface area (Å²) in [5.74, 6) is 0.900. The van der Waals surface area contributed by atoms with Gasteiger partial charge in [0.2, 0.25) is 0 Å². The molecular weight excluding hydrogens is 186 g/mol. The molecule has 0 amide bonds. The van der Waals surface area contributed by atoms with Crippen molar-refractivity contribution >= 4 is 18.1 Å². The van der Waals surface area contributed by atoms with Gasteiger partial charge in [0.1, 0.15) is 5.75 Å². The van der Waals surface area contributed by atoms with E-state index in [9.17, 15) is 0 Å². The van der Waals surface area contributed by atoms with Crippen molar-refractivity contribution in [1.82, 2.24) is 0 Å². The Morgan fingerprint density at radius 1 is 1.23 bits per heavy atom. The Bertz CT molecular complexity index is 223. The number of halogens is 1. The van der Waals surface area contributed by atoms with Crippen molar-refractivity contribution in [3.8, 4) is 5.75 Å². The quantitative estimate of drug-likeness (QED) is 0.809. The summed E-state index contributed by atoms with van der Waals surface area (Å²) in [5, 5.41) is 3.29. The van der Waals surface area contributed by atoms with E-state index in [-0.39, 0.29) is 12.4 Å². The van der Waals surface area contributed by atoms with Crippen LogP contribution in [-0.2, 0) is 0 Å². The fourth-order valence-electron chi connectivity index (χ4n) is 0.978. The van der Waals surface area contributed by atoms with Crippen LogP contribution in [0.1, 0.15) is 13.3 Å². The molecule has 1 N–H and O–H groups in total. The maximum absolute atomic E-state index is 5.05. The van der Waals surface area contributed by atoms with E-state index in [2.05, 4.69) is 12.2 Å². The lowest BCUT2D eigenvalue weighted by Gasteiger charge is -2.04. The van der Waals surface area contributed by atoms with Gasteiger partial charge in [-0.25, -0.2) is 0 Å². The van der Waals surface area contributed by atoms with E-state index in [0.29, 0.717) is 0 Å². The topological polar surface area (TPSA) is 21.3 Å². The summed E-state index contributed by atoms with van der Waals surface area (Å²) in [4.78, 5) is 0. The average molecular weight is 202 g/mol. The van der Waals surface area contributed by atoms with E-state index in [0.717, 1.165) is 24.4 Å². The third kappa shape index (κ3) is 4.04. The summed E-state index contributed by atoms with van der Waals surface area (Å²) in [6, 6.07) is 7.96. The molecule has 2 nitrogen and oxygen atoms in total. The number of rotatable bonds is 4. The van der Waals surface area contributed by atoms with Crippen LogP contribution in [0.2, 0.25) is 0 Å². The van der Waals surface area contributed by atoms with Gasteiger partial charge in [-0.2, -0.15) is 0 Å². The summed E-state index contributed by atoms with van der Waals surface area (Å²) >= 11 is 0. The largest absolute Gasteiger partial charge is 0.497 e. The zero-order valence-corrected chi connectivity index (χ0v) is 8.86. The van der Waals surface area contributed by atoms with Crippen LogP contribution in [0.4, 0.5) is 5.69 Å². The Morgan fingerprint density at radius 3 is 2.31 bits per heavy atom.